The second kappa shape index (κ2) is 8.58. The Morgan fingerprint density at radius 2 is 2.09 bits per heavy atom. The quantitative estimate of drug-likeness (QED) is 0.227. The number of amides is 1. The number of aryl methyl sites for hydroxylation is 1. The van der Waals surface area contributed by atoms with Crippen molar-refractivity contribution in [3.8, 4) is 11.4 Å². The van der Waals surface area contributed by atoms with Crippen molar-refractivity contribution in [1.82, 2.24) is 24.3 Å². The number of hydrogen-bond acceptors (Lipinski definition) is 6. The molecule has 1 amide bonds. The summed E-state index contributed by atoms with van der Waals surface area (Å²) >= 11 is 1.50. The highest BCUT2D eigenvalue weighted by molar-refractivity contribution is 7.99. The maximum absolute atomic E-state index is 13.3. The van der Waals surface area contributed by atoms with E-state index in [9.17, 15) is 4.79 Å². The van der Waals surface area contributed by atoms with Gasteiger partial charge in [0.25, 0.3) is 0 Å². The number of nitrogens with two attached hydrogens (primary N) is 2. The van der Waals surface area contributed by atoms with E-state index in [2.05, 4.69) is 20.5 Å². The molecule has 3 heterocycles. The molecular formula is C22H23N9OS. The second-order valence-corrected chi connectivity index (χ2v) is 8.82. The van der Waals surface area contributed by atoms with Crippen molar-refractivity contribution in [2.45, 2.75) is 28.9 Å². The third kappa shape index (κ3) is 4.02. The van der Waals surface area contributed by atoms with Crippen LogP contribution < -0.4 is 16.8 Å². The maximum Gasteiger partial charge on any atom is 0.247 e. The van der Waals surface area contributed by atoms with Gasteiger partial charge in [-0.2, -0.15) is 0 Å². The highest BCUT2D eigenvalue weighted by Crippen LogP contribution is 2.40. The summed E-state index contributed by atoms with van der Waals surface area (Å²) in [5, 5.41) is 12.0. The topological polar surface area (TPSA) is 142 Å². The van der Waals surface area contributed by atoms with E-state index in [1.165, 1.54) is 11.8 Å². The summed E-state index contributed by atoms with van der Waals surface area (Å²) < 4.78 is 3.89. The fourth-order valence-corrected chi connectivity index (χ4v) is 4.79. The molecule has 1 atom stereocenters. The van der Waals surface area contributed by atoms with Gasteiger partial charge >= 0.3 is 0 Å². The van der Waals surface area contributed by atoms with Gasteiger partial charge in [-0.1, -0.05) is 12.1 Å². The molecule has 10 nitrogen and oxygen atoms in total. The van der Waals surface area contributed by atoms with Crippen molar-refractivity contribution in [3.63, 3.8) is 0 Å². The lowest BCUT2D eigenvalue weighted by Gasteiger charge is -2.17. The molecule has 0 spiro atoms. The van der Waals surface area contributed by atoms with Crippen molar-refractivity contribution in [3.05, 3.63) is 48.8 Å². The van der Waals surface area contributed by atoms with Gasteiger partial charge in [-0.05, 0) is 54.9 Å². The average molecular weight is 462 g/mol. The summed E-state index contributed by atoms with van der Waals surface area (Å²) in [6, 6.07) is 13.3. The number of hydrogen-bond donors (Lipinski definition) is 3. The lowest BCUT2D eigenvalue weighted by atomic mass is 10.1. The van der Waals surface area contributed by atoms with Crippen molar-refractivity contribution in [2.24, 2.45) is 23.5 Å². The summed E-state index contributed by atoms with van der Waals surface area (Å²) in [7, 11) is 1.90. The predicted octanol–water partition coefficient (Wildman–Crippen LogP) is 2.53. The molecule has 168 valence electrons. The van der Waals surface area contributed by atoms with Crippen LogP contribution in [0.1, 0.15) is 18.9 Å². The number of carbonyl (C=O) groups is 1. The zero-order chi connectivity index (χ0) is 22.9. The van der Waals surface area contributed by atoms with E-state index in [-0.39, 0.29) is 11.9 Å². The normalized spacial score (nSPS) is 14.9. The van der Waals surface area contributed by atoms with Crippen LogP contribution in [0.2, 0.25) is 0 Å². The van der Waals surface area contributed by atoms with Crippen LogP contribution in [0.5, 0.6) is 0 Å². The first-order valence-electron chi connectivity index (χ1n) is 10.5. The van der Waals surface area contributed by atoms with Crippen LogP contribution in [0.15, 0.2) is 63.8 Å². The number of fused-ring (bicyclic) bond motifs is 5. The summed E-state index contributed by atoms with van der Waals surface area (Å²) in [5.41, 5.74) is 14.2. The smallest absolute Gasteiger partial charge is 0.247 e. The highest BCUT2D eigenvalue weighted by Gasteiger charge is 2.31. The summed E-state index contributed by atoms with van der Waals surface area (Å²) in [6.07, 6.45) is 2.90. The largest absolute Gasteiger partial charge is 0.370 e. The van der Waals surface area contributed by atoms with Crippen LogP contribution in [0, 0.1) is 0 Å². The van der Waals surface area contributed by atoms with Crippen LogP contribution in [-0.2, 0) is 11.8 Å². The van der Waals surface area contributed by atoms with Crippen LogP contribution in [-0.4, -0.2) is 42.7 Å². The maximum atomic E-state index is 13.3. The minimum atomic E-state index is -0.441. The monoisotopic (exact) mass is 461 g/mol. The molecule has 0 radical (unpaired) electrons. The molecule has 5 rings (SSSR count). The molecule has 4 aromatic rings. The number of rotatable bonds is 6. The molecule has 0 bridgehead atoms. The molecule has 11 heteroatoms. The number of benzene rings is 2. The first kappa shape index (κ1) is 21.0. The molecular weight excluding hydrogens is 438 g/mol. The lowest BCUT2D eigenvalue weighted by Crippen LogP contribution is -2.25. The number of imidazole rings is 1. The van der Waals surface area contributed by atoms with Crippen LogP contribution in [0.3, 0.4) is 0 Å². The summed E-state index contributed by atoms with van der Waals surface area (Å²) in [5.74, 6) is 0.711. The molecule has 1 unspecified atom stereocenters. The molecule has 0 fully saturated rings. The Kier molecular flexibility index (Phi) is 5.47. The number of nitrogens with zero attached hydrogens (tertiary/aromatic N) is 6. The van der Waals surface area contributed by atoms with Crippen LogP contribution in [0.4, 0.5) is 5.69 Å². The zero-order valence-corrected chi connectivity index (χ0v) is 18.8. The third-order valence-electron chi connectivity index (χ3n) is 5.51. The Bertz CT molecular complexity index is 1370. The third-order valence-corrected chi connectivity index (χ3v) is 6.55. The summed E-state index contributed by atoms with van der Waals surface area (Å²) in [4.78, 5) is 23.3. The molecule has 0 saturated carbocycles. The van der Waals surface area contributed by atoms with Crippen molar-refractivity contribution in [2.75, 3.05) is 11.9 Å². The van der Waals surface area contributed by atoms with Gasteiger partial charge in [0.15, 0.2) is 11.1 Å². The predicted molar refractivity (Wildman–Crippen MR) is 128 cm³/mol. The molecule has 2 aromatic carbocycles. The van der Waals surface area contributed by atoms with E-state index in [1.807, 2.05) is 58.6 Å². The van der Waals surface area contributed by atoms with Crippen molar-refractivity contribution in [1.29, 1.82) is 0 Å². The standard InChI is InChI=1S/C22H23N9OS/c1-30-12-26-29-22(30)33-13-8-9-15-14(11-13)19-27-16-5-2-3-6-17(16)31(19)18(20(32)28-15)7-4-10-25-21(23)24/h2-3,5-6,8-9,11-12,18H,4,7,10H2,1H3,(H,28,32)(H4,23,24,25). The Morgan fingerprint density at radius 1 is 1.24 bits per heavy atom. The Labute approximate surface area is 194 Å². The Hall–Kier alpha value is -3.86. The van der Waals surface area contributed by atoms with Gasteiger partial charge in [-0.25, -0.2) is 4.98 Å². The van der Waals surface area contributed by atoms with Crippen LogP contribution in [0.25, 0.3) is 22.4 Å². The van der Waals surface area contributed by atoms with Gasteiger partial charge in [0.2, 0.25) is 5.91 Å². The first-order chi connectivity index (χ1) is 16.0. The molecule has 33 heavy (non-hydrogen) atoms. The molecule has 0 saturated heterocycles. The minimum absolute atomic E-state index is 0.0504. The lowest BCUT2D eigenvalue weighted by molar-refractivity contribution is -0.119. The first-order valence-corrected chi connectivity index (χ1v) is 11.3. The Morgan fingerprint density at radius 3 is 2.88 bits per heavy atom. The molecule has 1 aliphatic heterocycles. The van der Waals surface area contributed by atoms with Crippen LogP contribution >= 0.6 is 11.8 Å². The molecule has 5 N–H and O–H groups in total. The van der Waals surface area contributed by atoms with E-state index in [4.69, 9.17) is 16.5 Å². The number of anilines is 1. The number of aliphatic imine (C=N–C) groups is 1. The number of nitrogens with one attached hydrogen (secondary N) is 1. The van der Waals surface area contributed by atoms with Gasteiger partial charge in [0.1, 0.15) is 18.2 Å². The minimum Gasteiger partial charge on any atom is -0.370 e. The van der Waals surface area contributed by atoms with E-state index >= 15 is 0 Å². The highest BCUT2D eigenvalue weighted by atomic mass is 32.2. The van der Waals surface area contributed by atoms with Gasteiger partial charge < -0.3 is 25.9 Å². The van der Waals surface area contributed by atoms with Gasteiger partial charge in [-0.15, -0.1) is 10.2 Å². The van der Waals surface area contributed by atoms with E-state index in [0.29, 0.717) is 19.4 Å². The average Bonchev–Trinajstić information content (AvgIpc) is 3.35. The Balaban J connectivity index is 1.59. The summed E-state index contributed by atoms with van der Waals surface area (Å²) in [6.45, 7) is 0.458. The van der Waals surface area contributed by atoms with E-state index in [1.54, 1.807) is 6.33 Å². The SMILES string of the molecule is Cn1cnnc1Sc1ccc2c(c1)-c1nc3ccccc3n1C(CCCN=C(N)N)C(=O)N2. The van der Waals surface area contributed by atoms with Gasteiger partial charge in [-0.3, -0.25) is 9.79 Å². The second-order valence-electron chi connectivity index (χ2n) is 7.78. The molecule has 0 aliphatic carbocycles. The van der Waals surface area contributed by atoms with Crippen molar-refractivity contribution < 1.29 is 4.79 Å². The van der Waals surface area contributed by atoms with Gasteiger partial charge in [0.05, 0.1) is 16.7 Å². The number of aromatic nitrogens is 5. The molecule has 1 aliphatic rings. The zero-order valence-electron chi connectivity index (χ0n) is 18.0. The fraction of sp³-hybridized carbons (Fsp3) is 0.227. The van der Waals surface area contributed by atoms with Gasteiger partial charge in [0, 0.05) is 24.1 Å². The number of carbonyl (C=O) groups excluding carboxylic acids is 1. The van der Waals surface area contributed by atoms with E-state index < -0.39 is 6.04 Å². The molecule has 2 aromatic heterocycles. The fourth-order valence-electron chi connectivity index (χ4n) is 3.99. The number of guanidine groups is 1. The van der Waals surface area contributed by atoms with Crippen molar-refractivity contribution >= 4 is 40.3 Å². The van der Waals surface area contributed by atoms with E-state index in [0.717, 1.165) is 38.2 Å². The number of para-hydroxylation sites is 2.